The largest absolute Gasteiger partial charge is 0.131 e. The Morgan fingerprint density at radius 1 is 1.38 bits per heavy atom. The van der Waals surface area contributed by atoms with Crippen molar-refractivity contribution >= 4 is 30.7 Å². The van der Waals surface area contributed by atoms with Crippen LogP contribution in [0.5, 0.6) is 0 Å². The zero-order valence-electron chi connectivity index (χ0n) is 5.59. The number of hydrogen-bond donors (Lipinski definition) is 0. The van der Waals surface area contributed by atoms with E-state index in [1.165, 1.54) is 0 Å². The third kappa shape index (κ3) is 6.51. The molecule has 0 saturated carbocycles. The summed E-state index contributed by atoms with van der Waals surface area (Å²) in [5.74, 6) is 3.09. The van der Waals surface area contributed by atoms with Crippen LogP contribution in [-0.4, -0.2) is 12.5 Å². The maximum atomic E-state index is 3.25. The van der Waals surface area contributed by atoms with Crippen LogP contribution in [0.2, 0.25) is 19.6 Å². The van der Waals surface area contributed by atoms with E-state index in [2.05, 4.69) is 53.7 Å². The van der Waals surface area contributed by atoms with Gasteiger partial charge in [0.15, 0.2) is 0 Å². The van der Waals surface area contributed by atoms with Gasteiger partial charge in [0.05, 0.1) is 4.43 Å². The molecule has 0 aromatic carbocycles. The van der Waals surface area contributed by atoms with Crippen molar-refractivity contribution < 1.29 is 0 Å². The molecule has 0 aliphatic heterocycles. The topological polar surface area (TPSA) is 0 Å². The quantitative estimate of drug-likeness (QED) is 0.263. The zero-order chi connectivity index (χ0) is 6.62. The smallest absolute Gasteiger partial charge is 0.129 e. The van der Waals surface area contributed by atoms with E-state index in [1.54, 1.807) is 0 Å². The fourth-order valence-corrected chi connectivity index (χ4v) is 1.47. The lowest BCUT2D eigenvalue weighted by atomic mass is 10.8. The van der Waals surface area contributed by atoms with Crippen molar-refractivity contribution in [2.24, 2.45) is 0 Å². The molecule has 0 fully saturated rings. The first-order valence-electron chi connectivity index (χ1n) is 2.62. The highest BCUT2D eigenvalue weighted by Gasteiger charge is 2.06. The minimum atomic E-state index is -1.04. The van der Waals surface area contributed by atoms with Crippen LogP contribution in [-0.2, 0) is 0 Å². The van der Waals surface area contributed by atoms with Crippen molar-refractivity contribution in [3.63, 3.8) is 0 Å². The number of hydrogen-bond acceptors (Lipinski definition) is 0. The SMILES string of the molecule is C[Si](C)(C)C#CCI. The first-order valence-corrected chi connectivity index (χ1v) is 7.65. The van der Waals surface area contributed by atoms with Gasteiger partial charge in [0, 0.05) is 0 Å². The lowest BCUT2D eigenvalue weighted by Gasteiger charge is -2.02. The molecule has 0 bridgehead atoms. The van der Waals surface area contributed by atoms with E-state index in [-0.39, 0.29) is 0 Å². The van der Waals surface area contributed by atoms with Crippen molar-refractivity contribution in [1.82, 2.24) is 0 Å². The monoisotopic (exact) mass is 238 g/mol. The van der Waals surface area contributed by atoms with Gasteiger partial charge in [-0.3, -0.25) is 0 Å². The molecule has 0 unspecified atom stereocenters. The Bertz CT molecular complexity index is 113. The Kier molecular flexibility index (Phi) is 3.74. The average molecular weight is 238 g/mol. The van der Waals surface area contributed by atoms with Gasteiger partial charge in [-0.1, -0.05) is 48.2 Å². The Balaban J connectivity index is 3.69. The number of rotatable bonds is 0. The van der Waals surface area contributed by atoms with Crippen LogP contribution in [0.1, 0.15) is 0 Å². The summed E-state index contributed by atoms with van der Waals surface area (Å²) in [7, 11) is -1.04. The van der Waals surface area contributed by atoms with Crippen molar-refractivity contribution in [3.05, 3.63) is 0 Å². The summed E-state index contributed by atoms with van der Waals surface area (Å²) in [6, 6.07) is 0. The maximum absolute atomic E-state index is 3.25. The second-order valence-electron chi connectivity index (χ2n) is 2.69. The molecule has 0 aromatic rings. The van der Waals surface area contributed by atoms with Crippen molar-refractivity contribution in [2.45, 2.75) is 19.6 Å². The lowest BCUT2D eigenvalue weighted by molar-refractivity contribution is 1.81. The highest BCUT2D eigenvalue weighted by atomic mass is 127. The van der Waals surface area contributed by atoms with E-state index in [0.717, 1.165) is 4.43 Å². The van der Waals surface area contributed by atoms with E-state index in [1.807, 2.05) is 0 Å². The molecule has 0 nitrogen and oxygen atoms in total. The third-order valence-electron chi connectivity index (χ3n) is 0.530. The zero-order valence-corrected chi connectivity index (χ0v) is 8.74. The van der Waals surface area contributed by atoms with Gasteiger partial charge < -0.3 is 0 Å². The van der Waals surface area contributed by atoms with Gasteiger partial charge in [-0.05, 0) is 0 Å². The maximum Gasteiger partial charge on any atom is 0.129 e. The molecular formula is C6H11ISi. The van der Waals surface area contributed by atoms with E-state index in [0.29, 0.717) is 0 Å². The molecule has 46 valence electrons. The van der Waals surface area contributed by atoms with Crippen molar-refractivity contribution in [3.8, 4) is 11.5 Å². The summed E-state index contributed by atoms with van der Waals surface area (Å²) in [5.41, 5.74) is 3.25. The molecule has 0 amide bonds. The summed E-state index contributed by atoms with van der Waals surface area (Å²) >= 11 is 2.28. The fourth-order valence-electron chi connectivity index (χ4n) is 0.299. The first-order chi connectivity index (χ1) is 3.56. The molecule has 0 saturated heterocycles. The lowest BCUT2D eigenvalue weighted by Crippen LogP contribution is -2.16. The molecule has 0 aromatic heterocycles. The number of halogens is 1. The van der Waals surface area contributed by atoms with Crippen LogP contribution in [0, 0.1) is 11.5 Å². The Morgan fingerprint density at radius 3 is 2.00 bits per heavy atom. The molecule has 0 radical (unpaired) electrons. The summed E-state index contributed by atoms with van der Waals surface area (Å²) in [6.45, 7) is 6.77. The molecule has 0 heterocycles. The predicted molar refractivity (Wildman–Crippen MR) is 50.0 cm³/mol. The molecule has 0 aliphatic carbocycles. The Labute approximate surface area is 66.2 Å². The van der Waals surface area contributed by atoms with E-state index in [4.69, 9.17) is 0 Å². The molecule has 0 atom stereocenters. The number of alkyl halides is 1. The van der Waals surface area contributed by atoms with E-state index < -0.39 is 8.07 Å². The van der Waals surface area contributed by atoms with Crippen molar-refractivity contribution in [1.29, 1.82) is 0 Å². The highest BCUT2D eigenvalue weighted by Crippen LogP contribution is 1.95. The van der Waals surface area contributed by atoms with Gasteiger partial charge in [0.2, 0.25) is 0 Å². The molecule has 2 heteroatoms. The summed E-state index contributed by atoms with van der Waals surface area (Å²) in [4.78, 5) is 0. The van der Waals surface area contributed by atoms with Gasteiger partial charge >= 0.3 is 0 Å². The van der Waals surface area contributed by atoms with Gasteiger partial charge in [-0.15, -0.1) is 5.54 Å². The summed E-state index contributed by atoms with van der Waals surface area (Å²) in [6.07, 6.45) is 0. The van der Waals surface area contributed by atoms with Crippen LogP contribution >= 0.6 is 22.6 Å². The van der Waals surface area contributed by atoms with Gasteiger partial charge in [-0.2, -0.15) is 0 Å². The molecule has 0 spiro atoms. The van der Waals surface area contributed by atoms with Crippen LogP contribution in [0.3, 0.4) is 0 Å². The molecule has 0 aliphatic rings. The predicted octanol–water partition coefficient (Wildman–Crippen LogP) is 2.30. The Morgan fingerprint density at radius 2 is 1.88 bits per heavy atom. The van der Waals surface area contributed by atoms with Gasteiger partial charge in [-0.25, -0.2) is 0 Å². The summed E-state index contributed by atoms with van der Waals surface area (Å²) in [5, 5.41) is 0. The van der Waals surface area contributed by atoms with Crippen LogP contribution < -0.4 is 0 Å². The van der Waals surface area contributed by atoms with Crippen LogP contribution in [0.15, 0.2) is 0 Å². The van der Waals surface area contributed by atoms with Crippen LogP contribution in [0.25, 0.3) is 0 Å². The highest BCUT2D eigenvalue weighted by molar-refractivity contribution is 14.1. The second-order valence-corrected chi connectivity index (χ2v) is 8.20. The first kappa shape index (κ1) is 8.51. The molecular weight excluding hydrogens is 227 g/mol. The van der Waals surface area contributed by atoms with Gasteiger partial charge in [0.1, 0.15) is 8.07 Å². The van der Waals surface area contributed by atoms with E-state index >= 15 is 0 Å². The molecule has 8 heavy (non-hydrogen) atoms. The second kappa shape index (κ2) is 3.52. The van der Waals surface area contributed by atoms with Crippen molar-refractivity contribution in [2.75, 3.05) is 4.43 Å². The average Bonchev–Trinajstić information content (AvgIpc) is 1.59. The minimum absolute atomic E-state index is 0.974. The minimum Gasteiger partial charge on any atom is -0.131 e. The molecule has 0 N–H and O–H groups in total. The molecule has 0 rings (SSSR count). The normalized spacial score (nSPS) is 10.0. The van der Waals surface area contributed by atoms with Gasteiger partial charge in [0.25, 0.3) is 0 Å². The third-order valence-corrected chi connectivity index (χ3v) is 1.84. The summed E-state index contributed by atoms with van der Waals surface area (Å²) < 4.78 is 0.974. The Hall–Kier alpha value is 0.507. The van der Waals surface area contributed by atoms with E-state index in [9.17, 15) is 0 Å². The van der Waals surface area contributed by atoms with Crippen LogP contribution in [0.4, 0.5) is 0 Å². The standard InChI is InChI=1S/C6H11ISi/c1-8(2,3)6-4-5-7/h5H2,1-3H3. The fraction of sp³-hybridized carbons (Fsp3) is 0.667.